The molecular weight excluding hydrogens is 352 g/mol. The summed E-state index contributed by atoms with van der Waals surface area (Å²) in [5.41, 5.74) is 1.47. The Labute approximate surface area is 157 Å². The van der Waals surface area contributed by atoms with Gasteiger partial charge in [0.05, 0.1) is 12.7 Å². The molecule has 0 fully saturated rings. The fourth-order valence-corrected chi connectivity index (χ4v) is 2.63. The van der Waals surface area contributed by atoms with Crippen LogP contribution in [0.15, 0.2) is 48.5 Å². The van der Waals surface area contributed by atoms with Crippen LogP contribution in [0, 0.1) is 5.82 Å². The van der Waals surface area contributed by atoms with Crippen LogP contribution in [-0.2, 0) is 25.3 Å². The second-order valence-electron chi connectivity index (χ2n) is 5.78. The zero-order chi connectivity index (χ0) is 19.8. The van der Waals surface area contributed by atoms with Gasteiger partial charge in [0.15, 0.2) is 0 Å². The normalized spacial score (nSPS) is 11.6. The van der Waals surface area contributed by atoms with Crippen LogP contribution in [0.25, 0.3) is 0 Å². The minimum Gasteiger partial charge on any atom is -0.467 e. The van der Waals surface area contributed by atoms with Crippen molar-refractivity contribution in [3.8, 4) is 0 Å². The first kappa shape index (κ1) is 20.6. The molecule has 27 heavy (non-hydrogen) atoms. The predicted octanol–water partition coefficient (Wildman–Crippen LogP) is 1.33. The Morgan fingerprint density at radius 2 is 1.67 bits per heavy atom. The molecule has 0 unspecified atom stereocenters. The van der Waals surface area contributed by atoms with E-state index in [1.165, 1.54) is 39.5 Å². The van der Waals surface area contributed by atoms with Crippen LogP contribution in [0.5, 0.6) is 0 Å². The molecule has 1 amide bonds. The zero-order valence-corrected chi connectivity index (χ0v) is 15.4. The van der Waals surface area contributed by atoms with Crippen molar-refractivity contribution in [3.05, 3.63) is 65.5 Å². The van der Waals surface area contributed by atoms with Gasteiger partial charge in [-0.15, -0.1) is 0 Å². The number of hydrogen-bond acceptors (Lipinski definition) is 5. The summed E-state index contributed by atoms with van der Waals surface area (Å²) in [5.74, 6) is -1.96. The Bertz CT molecular complexity index is 780. The maximum Gasteiger partial charge on any atom is 0.493 e. The molecule has 6 nitrogen and oxygen atoms in total. The van der Waals surface area contributed by atoms with Crippen molar-refractivity contribution in [2.45, 2.75) is 12.5 Å². The molecule has 0 saturated heterocycles. The van der Waals surface area contributed by atoms with E-state index in [1.54, 1.807) is 30.3 Å². The van der Waals surface area contributed by atoms with Crippen molar-refractivity contribution in [1.29, 1.82) is 0 Å². The Balaban J connectivity index is 2.14. The third-order valence-corrected chi connectivity index (χ3v) is 4.03. The Kier molecular flexibility index (Phi) is 7.51. The average molecular weight is 373 g/mol. The van der Waals surface area contributed by atoms with Gasteiger partial charge in [-0.25, -0.2) is 9.18 Å². The smallest absolute Gasteiger partial charge is 0.467 e. The molecule has 0 aliphatic rings. The first-order valence-corrected chi connectivity index (χ1v) is 8.27. The summed E-state index contributed by atoms with van der Waals surface area (Å²) < 4.78 is 28.9. The molecule has 2 aromatic carbocycles. The van der Waals surface area contributed by atoms with E-state index in [0.29, 0.717) is 0 Å². The Hall–Kier alpha value is -2.71. The fraction of sp³-hybridized carbons (Fsp3) is 0.263. The molecule has 0 aliphatic carbocycles. The van der Waals surface area contributed by atoms with Crippen molar-refractivity contribution >= 4 is 24.5 Å². The molecule has 8 heteroatoms. The molecule has 0 bridgehead atoms. The lowest BCUT2D eigenvalue weighted by molar-refractivity contribution is -0.142. The van der Waals surface area contributed by atoms with E-state index in [-0.39, 0.29) is 12.0 Å². The maximum absolute atomic E-state index is 13.8. The molecule has 0 saturated carbocycles. The van der Waals surface area contributed by atoms with Crippen molar-refractivity contribution in [3.63, 3.8) is 0 Å². The van der Waals surface area contributed by atoms with Crippen molar-refractivity contribution in [2.24, 2.45) is 0 Å². The average Bonchev–Trinajstić information content (AvgIpc) is 2.69. The number of carbonyl (C=O) groups excluding carboxylic acids is 2. The first-order chi connectivity index (χ1) is 13.0. The number of ether oxygens (including phenoxy) is 1. The van der Waals surface area contributed by atoms with E-state index in [4.69, 9.17) is 14.0 Å². The summed E-state index contributed by atoms with van der Waals surface area (Å²) in [6, 6.07) is 11.8. The molecule has 0 heterocycles. The molecule has 1 N–H and O–H groups in total. The van der Waals surface area contributed by atoms with Crippen LogP contribution < -0.4 is 10.8 Å². The van der Waals surface area contributed by atoms with Crippen LogP contribution in [0.1, 0.15) is 15.9 Å². The summed E-state index contributed by atoms with van der Waals surface area (Å²) >= 11 is 0. The number of hydrogen-bond donors (Lipinski definition) is 1. The largest absolute Gasteiger partial charge is 0.493 e. The lowest BCUT2D eigenvalue weighted by Crippen LogP contribution is -2.43. The van der Waals surface area contributed by atoms with Crippen molar-refractivity contribution in [1.82, 2.24) is 5.32 Å². The number of esters is 1. The summed E-state index contributed by atoms with van der Waals surface area (Å²) in [4.78, 5) is 24.4. The van der Waals surface area contributed by atoms with E-state index < -0.39 is 30.9 Å². The number of benzene rings is 2. The molecule has 0 aromatic heterocycles. The predicted molar refractivity (Wildman–Crippen MR) is 99.2 cm³/mol. The monoisotopic (exact) mass is 373 g/mol. The van der Waals surface area contributed by atoms with Gasteiger partial charge in [0.2, 0.25) is 0 Å². The summed E-state index contributed by atoms with van der Waals surface area (Å²) in [7, 11) is 3.81. The van der Waals surface area contributed by atoms with Crippen LogP contribution in [-0.4, -0.2) is 46.4 Å². The first-order valence-electron chi connectivity index (χ1n) is 8.27. The highest BCUT2D eigenvalue weighted by Crippen LogP contribution is 2.09. The number of halogens is 1. The van der Waals surface area contributed by atoms with Gasteiger partial charge in [-0.1, -0.05) is 36.4 Å². The van der Waals surface area contributed by atoms with E-state index in [9.17, 15) is 14.0 Å². The molecule has 0 radical (unpaired) electrons. The van der Waals surface area contributed by atoms with Gasteiger partial charge in [0, 0.05) is 20.6 Å². The van der Waals surface area contributed by atoms with Gasteiger partial charge in [-0.3, -0.25) is 4.79 Å². The van der Waals surface area contributed by atoms with E-state index in [1.807, 2.05) is 0 Å². The quantitative estimate of drug-likeness (QED) is 0.558. The number of nitrogens with one attached hydrogen (secondary N) is 1. The highest BCUT2D eigenvalue weighted by atomic mass is 19.1. The third kappa shape index (κ3) is 5.38. The zero-order valence-electron chi connectivity index (χ0n) is 15.4. The SMILES string of the molecule is COB(OC)c1ccc(C[C@@H](NC(=O)c2ccccc2F)C(=O)OC)cc1. The minimum atomic E-state index is -0.950. The van der Waals surface area contributed by atoms with Gasteiger partial charge in [-0.2, -0.15) is 0 Å². The maximum atomic E-state index is 13.8. The van der Waals surface area contributed by atoms with Crippen molar-refractivity contribution < 1.29 is 28.0 Å². The standard InChI is InChI=1S/C19H21BFNO5/c1-25-19(24)17(22-18(23)15-6-4-5-7-16(15)21)12-13-8-10-14(11-9-13)20(26-2)27-3/h4-11,17H,12H2,1-3H3,(H,22,23)/t17-/m1/s1. The number of amides is 1. The third-order valence-electron chi connectivity index (χ3n) is 4.03. The molecule has 142 valence electrons. The van der Waals surface area contributed by atoms with Gasteiger partial charge in [0.25, 0.3) is 5.91 Å². The van der Waals surface area contributed by atoms with E-state index in [0.717, 1.165) is 11.0 Å². The van der Waals surface area contributed by atoms with Crippen LogP contribution in [0.4, 0.5) is 4.39 Å². The van der Waals surface area contributed by atoms with Gasteiger partial charge < -0.3 is 19.4 Å². The molecule has 2 rings (SSSR count). The lowest BCUT2D eigenvalue weighted by Gasteiger charge is -2.17. The van der Waals surface area contributed by atoms with Crippen molar-refractivity contribution in [2.75, 3.05) is 21.3 Å². The van der Waals surface area contributed by atoms with E-state index >= 15 is 0 Å². The van der Waals surface area contributed by atoms with Crippen LogP contribution >= 0.6 is 0 Å². The minimum absolute atomic E-state index is 0.134. The lowest BCUT2D eigenvalue weighted by atomic mass is 9.78. The Morgan fingerprint density at radius 3 is 2.22 bits per heavy atom. The Morgan fingerprint density at radius 1 is 1.04 bits per heavy atom. The number of rotatable bonds is 8. The molecule has 0 spiro atoms. The van der Waals surface area contributed by atoms with Crippen LogP contribution in [0.3, 0.4) is 0 Å². The van der Waals surface area contributed by atoms with E-state index in [2.05, 4.69) is 5.32 Å². The molecule has 0 aliphatic heterocycles. The van der Waals surface area contributed by atoms with Crippen LogP contribution in [0.2, 0.25) is 0 Å². The molecular formula is C19H21BFNO5. The second-order valence-corrected chi connectivity index (χ2v) is 5.78. The highest BCUT2D eigenvalue weighted by Gasteiger charge is 2.24. The fourth-order valence-electron chi connectivity index (χ4n) is 2.63. The molecule has 1 atom stereocenters. The topological polar surface area (TPSA) is 73.9 Å². The summed E-state index contributed by atoms with van der Waals surface area (Å²) in [6.45, 7) is 0. The number of methoxy groups -OCH3 is 1. The second kappa shape index (κ2) is 9.84. The van der Waals surface area contributed by atoms with Gasteiger partial charge in [-0.05, 0) is 23.2 Å². The molecule has 2 aromatic rings. The van der Waals surface area contributed by atoms with Gasteiger partial charge >= 0.3 is 13.1 Å². The van der Waals surface area contributed by atoms with Gasteiger partial charge in [0.1, 0.15) is 11.9 Å². The summed E-state index contributed by atoms with van der Waals surface area (Å²) in [5, 5.41) is 2.53. The highest BCUT2D eigenvalue weighted by molar-refractivity contribution is 6.61. The number of carbonyl (C=O) groups is 2. The summed E-state index contributed by atoms with van der Waals surface area (Å²) in [6.07, 6.45) is 0.192.